The SMILES string of the molecule is CNc1cc(C(=O)Nc2ccncc2)c([N+](=O)[O-])cc1F. The lowest BCUT2D eigenvalue weighted by Gasteiger charge is -2.08. The van der Waals surface area contributed by atoms with Crippen molar-refractivity contribution in [3.05, 3.63) is 58.2 Å². The van der Waals surface area contributed by atoms with E-state index < -0.39 is 22.3 Å². The molecule has 0 saturated carbocycles. The van der Waals surface area contributed by atoms with Gasteiger partial charge in [-0.3, -0.25) is 19.9 Å². The number of benzene rings is 1. The minimum Gasteiger partial charge on any atom is -0.386 e. The number of pyridine rings is 1. The maximum Gasteiger partial charge on any atom is 0.285 e. The van der Waals surface area contributed by atoms with Crippen LogP contribution in [0.1, 0.15) is 10.4 Å². The number of nitro benzene ring substituents is 1. The standard InChI is InChI=1S/C13H11FN4O3/c1-15-11-6-9(12(18(20)21)7-10(11)14)13(19)17-8-2-4-16-5-3-8/h2-7,15H,1H3,(H,16,17,19). The van der Waals surface area contributed by atoms with Crippen molar-refractivity contribution in [1.29, 1.82) is 0 Å². The number of anilines is 2. The van der Waals surface area contributed by atoms with Crippen LogP contribution in [-0.4, -0.2) is 22.9 Å². The van der Waals surface area contributed by atoms with E-state index in [9.17, 15) is 19.3 Å². The predicted molar refractivity (Wildman–Crippen MR) is 74.8 cm³/mol. The molecule has 0 aliphatic heterocycles. The third kappa shape index (κ3) is 3.11. The van der Waals surface area contributed by atoms with Crippen molar-refractivity contribution >= 4 is 23.0 Å². The Morgan fingerprint density at radius 1 is 1.33 bits per heavy atom. The number of carbonyl (C=O) groups excluding carboxylic acids is 1. The fourth-order valence-corrected chi connectivity index (χ4v) is 1.72. The van der Waals surface area contributed by atoms with Gasteiger partial charge in [-0.1, -0.05) is 0 Å². The summed E-state index contributed by atoms with van der Waals surface area (Å²) in [5.74, 6) is -1.51. The number of rotatable bonds is 4. The number of carbonyl (C=O) groups is 1. The maximum atomic E-state index is 13.6. The number of hydrogen-bond acceptors (Lipinski definition) is 5. The van der Waals surface area contributed by atoms with Crippen LogP contribution in [0, 0.1) is 15.9 Å². The molecule has 2 aromatic rings. The molecule has 0 aliphatic carbocycles. The normalized spacial score (nSPS) is 10.0. The van der Waals surface area contributed by atoms with Gasteiger partial charge < -0.3 is 10.6 Å². The summed E-state index contributed by atoms with van der Waals surface area (Å²) in [6, 6.07) is 4.88. The Labute approximate surface area is 119 Å². The molecule has 1 heterocycles. The number of hydrogen-bond donors (Lipinski definition) is 2. The number of halogens is 1. The zero-order valence-electron chi connectivity index (χ0n) is 11.0. The van der Waals surface area contributed by atoms with E-state index in [2.05, 4.69) is 15.6 Å². The van der Waals surface area contributed by atoms with E-state index in [4.69, 9.17) is 0 Å². The minimum atomic E-state index is -0.802. The molecular formula is C13H11FN4O3. The number of amides is 1. The van der Waals surface area contributed by atoms with Gasteiger partial charge in [-0.2, -0.15) is 0 Å². The smallest absolute Gasteiger partial charge is 0.285 e. The summed E-state index contributed by atoms with van der Waals surface area (Å²) in [5.41, 5.74) is -0.402. The van der Waals surface area contributed by atoms with Gasteiger partial charge in [-0.05, 0) is 18.2 Å². The molecule has 2 N–H and O–H groups in total. The molecule has 0 unspecified atom stereocenters. The lowest BCUT2D eigenvalue weighted by Crippen LogP contribution is -2.15. The first-order valence-electron chi connectivity index (χ1n) is 5.90. The Hall–Kier alpha value is -3.03. The topological polar surface area (TPSA) is 97.2 Å². The molecule has 1 amide bonds. The first kappa shape index (κ1) is 14.4. The predicted octanol–water partition coefficient (Wildman–Crippen LogP) is 2.42. The van der Waals surface area contributed by atoms with Gasteiger partial charge in [0.15, 0.2) is 5.82 Å². The third-order valence-corrected chi connectivity index (χ3v) is 2.73. The molecule has 0 fully saturated rings. The molecule has 8 heteroatoms. The number of nitro groups is 1. The van der Waals surface area contributed by atoms with Crippen LogP contribution < -0.4 is 10.6 Å². The monoisotopic (exact) mass is 290 g/mol. The minimum absolute atomic E-state index is 0.000443. The molecule has 108 valence electrons. The molecule has 0 bridgehead atoms. The van der Waals surface area contributed by atoms with Gasteiger partial charge in [0, 0.05) is 25.1 Å². The van der Waals surface area contributed by atoms with E-state index in [1.165, 1.54) is 31.6 Å². The van der Waals surface area contributed by atoms with E-state index >= 15 is 0 Å². The fourth-order valence-electron chi connectivity index (χ4n) is 1.72. The van der Waals surface area contributed by atoms with Crippen molar-refractivity contribution < 1.29 is 14.1 Å². The second kappa shape index (κ2) is 5.95. The van der Waals surface area contributed by atoms with Crippen molar-refractivity contribution in [3.63, 3.8) is 0 Å². The summed E-state index contributed by atoms with van der Waals surface area (Å²) >= 11 is 0. The molecule has 21 heavy (non-hydrogen) atoms. The Balaban J connectivity index is 2.41. The summed E-state index contributed by atoms with van der Waals surface area (Å²) in [6.45, 7) is 0. The van der Waals surface area contributed by atoms with Crippen LogP contribution in [0.5, 0.6) is 0 Å². The van der Waals surface area contributed by atoms with Gasteiger partial charge in [-0.25, -0.2) is 4.39 Å². The molecule has 2 rings (SSSR count). The Bertz CT molecular complexity index is 691. The van der Waals surface area contributed by atoms with Gasteiger partial charge in [0.25, 0.3) is 11.6 Å². The second-order valence-electron chi connectivity index (χ2n) is 4.05. The van der Waals surface area contributed by atoms with E-state index in [0.717, 1.165) is 6.07 Å². The summed E-state index contributed by atoms with van der Waals surface area (Å²) < 4.78 is 13.6. The molecule has 7 nitrogen and oxygen atoms in total. The first-order valence-corrected chi connectivity index (χ1v) is 5.90. The van der Waals surface area contributed by atoms with Crippen LogP contribution in [0.15, 0.2) is 36.7 Å². The molecule has 0 spiro atoms. The largest absolute Gasteiger partial charge is 0.386 e. The molecule has 1 aromatic carbocycles. The lowest BCUT2D eigenvalue weighted by molar-refractivity contribution is -0.385. The third-order valence-electron chi connectivity index (χ3n) is 2.73. The van der Waals surface area contributed by atoms with Crippen LogP contribution in [0.25, 0.3) is 0 Å². The molecule has 0 saturated heterocycles. The Kier molecular flexibility index (Phi) is 4.07. The van der Waals surface area contributed by atoms with Crippen molar-refractivity contribution in [3.8, 4) is 0 Å². The quantitative estimate of drug-likeness (QED) is 0.665. The van der Waals surface area contributed by atoms with Gasteiger partial charge >= 0.3 is 0 Å². The van der Waals surface area contributed by atoms with Gasteiger partial charge in [0.2, 0.25) is 0 Å². The summed E-state index contributed by atoms with van der Waals surface area (Å²) in [7, 11) is 1.45. The van der Waals surface area contributed by atoms with Crippen molar-refractivity contribution in [2.45, 2.75) is 0 Å². The van der Waals surface area contributed by atoms with Crippen molar-refractivity contribution in [2.24, 2.45) is 0 Å². The average molecular weight is 290 g/mol. The Morgan fingerprint density at radius 3 is 2.57 bits per heavy atom. The summed E-state index contributed by atoms with van der Waals surface area (Å²) in [4.78, 5) is 26.1. The zero-order valence-corrected chi connectivity index (χ0v) is 11.0. The average Bonchev–Trinajstić information content (AvgIpc) is 2.47. The van der Waals surface area contributed by atoms with E-state index in [-0.39, 0.29) is 11.3 Å². The van der Waals surface area contributed by atoms with Gasteiger partial charge in [0.05, 0.1) is 16.7 Å². The molecule has 1 aromatic heterocycles. The molecule has 0 atom stereocenters. The highest BCUT2D eigenvalue weighted by atomic mass is 19.1. The van der Waals surface area contributed by atoms with Crippen LogP contribution >= 0.6 is 0 Å². The summed E-state index contributed by atoms with van der Waals surface area (Å²) in [6.07, 6.45) is 2.93. The molecular weight excluding hydrogens is 279 g/mol. The van der Waals surface area contributed by atoms with Crippen LogP contribution in [0.4, 0.5) is 21.5 Å². The second-order valence-corrected chi connectivity index (χ2v) is 4.05. The Morgan fingerprint density at radius 2 is 2.00 bits per heavy atom. The molecule has 0 radical (unpaired) electrons. The van der Waals surface area contributed by atoms with Gasteiger partial charge in [-0.15, -0.1) is 0 Å². The van der Waals surface area contributed by atoms with Crippen molar-refractivity contribution in [1.82, 2.24) is 4.98 Å². The zero-order chi connectivity index (χ0) is 15.4. The highest BCUT2D eigenvalue weighted by Crippen LogP contribution is 2.26. The van der Waals surface area contributed by atoms with Crippen LogP contribution in [0.3, 0.4) is 0 Å². The van der Waals surface area contributed by atoms with E-state index in [1.54, 1.807) is 0 Å². The van der Waals surface area contributed by atoms with Gasteiger partial charge in [0.1, 0.15) is 5.56 Å². The van der Waals surface area contributed by atoms with E-state index in [1.807, 2.05) is 0 Å². The van der Waals surface area contributed by atoms with E-state index in [0.29, 0.717) is 11.8 Å². The highest BCUT2D eigenvalue weighted by Gasteiger charge is 2.23. The lowest BCUT2D eigenvalue weighted by atomic mass is 10.1. The fraction of sp³-hybridized carbons (Fsp3) is 0.0769. The number of nitrogens with zero attached hydrogens (tertiary/aromatic N) is 2. The molecule has 0 aliphatic rings. The summed E-state index contributed by atoms with van der Waals surface area (Å²) in [5, 5.41) is 16.0. The highest BCUT2D eigenvalue weighted by molar-refractivity contribution is 6.07. The van der Waals surface area contributed by atoms with Crippen LogP contribution in [0.2, 0.25) is 0 Å². The van der Waals surface area contributed by atoms with Crippen LogP contribution in [-0.2, 0) is 0 Å². The van der Waals surface area contributed by atoms with Crippen molar-refractivity contribution in [2.75, 3.05) is 17.7 Å². The maximum absolute atomic E-state index is 13.6. The number of aromatic nitrogens is 1. The first-order chi connectivity index (χ1) is 10.0. The number of nitrogens with one attached hydrogen (secondary N) is 2.